The number of carbonyl (C=O) groups is 1. The molecule has 0 aliphatic carbocycles. The van der Waals surface area contributed by atoms with E-state index >= 15 is 0 Å². The van der Waals surface area contributed by atoms with Crippen LogP contribution in [0.5, 0.6) is 17.2 Å². The minimum Gasteiger partial charge on any atom is -0.508 e. The molecule has 5 aromatic rings. The number of pyridine rings is 1. The lowest BCUT2D eigenvalue weighted by Gasteiger charge is -2.26. The van der Waals surface area contributed by atoms with Gasteiger partial charge in [0, 0.05) is 11.8 Å². The summed E-state index contributed by atoms with van der Waals surface area (Å²) in [6.45, 7) is 3.43. The molecule has 0 radical (unpaired) electrons. The summed E-state index contributed by atoms with van der Waals surface area (Å²) in [4.78, 5) is 15.2. The standard InChI is InChI=1S/C21H20F3NO2.C11H13F3O2.C10H12O2/c1-20(26,21(22,23)24)13-12-15-6-10-18(11-7-15)27-14-17-9-8-16-4-2-3-5-19(16)25-17;1-10(16,11(12,13)14)7-6-8-2-4-9(15)5-3-8;1-8(11)2-3-9-4-6-10(12)7-5-9/h2-11,26H,12-14H2,1H3;2-5,15-16H,6-7H2,1H3;4-7,12H,2-3H2,1H3. The Morgan fingerprint density at radius 1 is 0.618 bits per heavy atom. The quantitative estimate of drug-likeness (QED) is 0.0933. The fourth-order valence-electron chi connectivity index (χ4n) is 4.80. The Morgan fingerprint density at radius 3 is 1.51 bits per heavy atom. The van der Waals surface area contributed by atoms with Crippen molar-refractivity contribution >= 4 is 16.7 Å². The maximum absolute atomic E-state index is 12.7. The molecule has 0 saturated carbocycles. The first-order chi connectivity index (χ1) is 25.6. The first-order valence-electron chi connectivity index (χ1n) is 17.3. The van der Waals surface area contributed by atoms with Crippen molar-refractivity contribution in [2.45, 2.75) is 89.5 Å². The van der Waals surface area contributed by atoms with Gasteiger partial charge in [-0.25, -0.2) is 4.98 Å². The Bertz CT molecular complexity index is 1920. The molecule has 5 rings (SSSR count). The molecule has 1 aromatic heterocycles. The number of benzene rings is 4. The van der Waals surface area contributed by atoms with E-state index < -0.39 is 36.4 Å². The van der Waals surface area contributed by atoms with Crippen LogP contribution in [0.4, 0.5) is 26.3 Å². The summed E-state index contributed by atoms with van der Waals surface area (Å²) in [6, 6.07) is 31.3. The number of aliphatic hydroxyl groups is 2. The van der Waals surface area contributed by atoms with Crippen molar-refractivity contribution in [2.24, 2.45) is 0 Å². The Morgan fingerprint density at radius 2 is 1.05 bits per heavy atom. The van der Waals surface area contributed by atoms with Crippen molar-refractivity contribution in [1.29, 1.82) is 0 Å². The van der Waals surface area contributed by atoms with Gasteiger partial charge in [-0.2, -0.15) is 26.3 Å². The van der Waals surface area contributed by atoms with Crippen molar-refractivity contribution in [1.82, 2.24) is 4.98 Å². The number of alkyl halides is 6. The second-order valence-electron chi connectivity index (χ2n) is 13.5. The first-order valence-corrected chi connectivity index (χ1v) is 17.3. The van der Waals surface area contributed by atoms with Crippen LogP contribution in [0.1, 0.15) is 62.4 Å². The van der Waals surface area contributed by atoms with Gasteiger partial charge in [-0.05, 0) is 118 Å². The number of nitrogens with zero attached hydrogens (tertiary/aromatic N) is 1. The summed E-state index contributed by atoms with van der Waals surface area (Å²) in [7, 11) is 0. The third-order valence-corrected chi connectivity index (χ3v) is 8.63. The topological polar surface area (TPSA) is 120 Å². The molecule has 1 heterocycles. The highest BCUT2D eigenvalue weighted by atomic mass is 19.4. The van der Waals surface area contributed by atoms with Crippen molar-refractivity contribution < 1.29 is 56.3 Å². The second kappa shape index (κ2) is 19.4. The number of para-hydroxylation sites is 1. The highest BCUT2D eigenvalue weighted by molar-refractivity contribution is 5.78. The maximum Gasteiger partial charge on any atom is 0.416 e. The van der Waals surface area contributed by atoms with E-state index in [9.17, 15) is 41.4 Å². The van der Waals surface area contributed by atoms with E-state index in [1.54, 1.807) is 43.3 Å². The average molecular weight is 774 g/mol. The summed E-state index contributed by atoms with van der Waals surface area (Å²) in [5.74, 6) is 1.13. The van der Waals surface area contributed by atoms with E-state index in [-0.39, 0.29) is 30.1 Å². The van der Waals surface area contributed by atoms with Crippen LogP contribution in [0.15, 0.2) is 109 Å². The zero-order chi connectivity index (χ0) is 40.9. The molecular formula is C42H45F6NO6. The van der Waals surface area contributed by atoms with E-state index in [1.165, 1.54) is 24.3 Å². The van der Waals surface area contributed by atoms with Gasteiger partial charge in [-0.3, -0.25) is 0 Å². The third kappa shape index (κ3) is 14.9. The largest absolute Gasteiger partial charge is 0.508 e. The van der Waals surface area contributed by atoms with E-state index in [1.807, 2.05) is 48.5 Å². The fourth-order valence-corrected chi connectivity index (χ4v) is 4.80. The molecule has 0 bridgehead atoms. The number of hydrogen-bond acceptors (Lipinski definition) is 7. The van der Waals surface area contributed by atoms with Crippen molar-refractivity contribution in [3.63, 3.8) is 0 Å². The Hall–Kier alpha value is -5.14. The number of hydrogen-bond donors (Lipinski definition) is 4. The van der Waals surface area contributed by atoms with Crippen LogP contribution in [0.25, 0.3) is 10.9 Å². The zero-order valence-corrected chi connectivity index (χ0v) is 30.7. The third-order valence-electron chi connectivity index (χ3n) is 8.63. The van der Waals surface area contributed by atoms with E-state index in [2.05, 4.69) is 4.98 Å². The predicted octanol–water partition coefficient (Wildman–Crippen LogP) is 9.61. The summed E-state index contributed by atoms with van der Waals surface area (Å²) in [5.41, 5.74) is -1.25. The van der Waals surface area contributed by atoms with Crippen molar-refractivity contribution in [2.75, 3.05) is 0 Å². The SMILES string of the molecule is CC(=O)CCc1ccc(O)cc1.CC(O)(CCc1ccc(O)cc1)C(F)(F)F.CC(O)(CCc1ccc(OCc2ccc3ccccc3n2)cc1)C(F)(F)F. The molecule has 2 atom stereocenters. The number of ketones is 1. The van der Waals surface area contributed by atoms with Gasteiger partial charge in [0.1, 0.15) is 29.6 Å². The maximum atomic E-state index is 12.7. The Kier molecular flexibility index (Phi) is 15.6. The number of Topliss-reactive ketones (excluding diaryl/α,β-unsaturated/α-hetero) is 1. The number of fused-ring (bicyclic) bond motifs is 1. The molecule has 0 spiro atoms. The Labute approximate surface area is 315 Å². The molecule has 2 unspecified atom stereocenters. The lowest BCUT2D eigenvalue weighted by molar-refractivity contribution is -0.254. The van der Waals surface area contributed by atoms with Crippen molar-refractivity contribution in [3.8, 4) is 17.2 Å². The van der Waals surface area contributed by atoms with E-state index in [0.29, 0.717) is 29.9 Å². The van der Waals surface area contributed by atoms with Crippen molar-refractivity contribution in [3.05, 3.63) is 132 Å². The number of phenols is 2. The number of phenolic OH excluding ortho intramolecular Hbond substituents is 2. The minimum absolute atomic E-state index is 0.0614. The number of halogens is 6. The second-order valence-corrected chi connectivity index (χ2v) is 13.5. The molecule has 0 saturated heterocycles. The van der Waals surface area contributed by atoms with Crippen LogP contribution in [0.3, 0.4) is 0 Å². The zero-order valence-electron chi connectivity index (χ0n) is 30.7. The molecular weight excluding hydrogens is 728 g/mol. The summed E-state index contributed by atoms with van der Waals surface area (Å²) < 4.78 is 80.7. The summed E-state index contributed by atoms with van der Waals surface area (Å²) in [6.07, 6.45) is -8.49. The monoisotopic (exact) mass is 773 g/mol. The average Bonchev–Trinajstić information content (AvgIpc) is 3.12. The molecule has 13 heteroatoms. The number of carbonyl (C=O) groups excluding carboxylic acids is 1. The fraction of sp³-hybridized carbons (Fsp3) is 0.333. The molecule has 0 fully saturated rings. The van der Waals surface area contributed by atoms with Gasteiger partial charge in [0.15, 0.2) is 11.2 Å². The number of aryl methyl sites for hydroxylation is 3. The molecule has 0 aliphatic rings. The number of ether oxygens (including phenoxy) is 1. The van der Waals surface area contributed by atoms with Crippen LogP contribution in [0, 0.1) is 0 Å². The lowest BCUT2D eigenvalue weighted by Crippen LogP contribution is -2.42. The van der Waals surface area contributed by atoms with Gasteiger partial charge in [0.25, 0.3) is 0 Å². The summed E-state index contributed by atoms with van der Waals surface area (Å²) in [5, 5.41) is 37.7. The predicted molar refractivity (Wildman–Crippen MR) is 198 cm³/mol. The molecule has 4 N–H and O–H groups in total. The van der Waals surface area contributed by atoms with Gasteiger partial charge in [0.05, 0.1) is 11.2 Å². The van der Waals surface area contributed by atoms with Gasteiger partial charge >= 0.3 is 12.4 Å². The van der Waals surface area contributed by atoms with Gasteiger partial charge in [-0.1, -0.05) is 60.7 Å². The number of rotatable bonds is 12. The van der Waals surface area contributed by atoms with Crippen LogP contribution < -0.4 is 4.74 Å². The number of aromatic nitrogens is 1. The Balaban J connectivity index is 0.000000246. The highest BCUT2D eigenvalue weighted by Crippen LogP contribution is 2.34. The van der Waals surface area contributed by atoms with Crippen LogP contribution >= 0.6 is 0 Å². The summed E-state index contributed by atoms with van der Waals surface area (Å²) >= 11 is 0. The molecule has 296 valence electrons. The molecule has 4 aromatic carbocycles. The van der Waals surface area contributed by atoms with Crippen LogP contribution in [-0.4, -0.2) is 54.7 Å². The van der Waals surface area contributed by atoms with Gasteiger partial charge < -0.3 is 30.0 Å². The molecule has 7 nitrogen and oxygen atoms in total. The molecule has 0 amide bonds. The molecule has 0 aliphatic heterocycles. The van der Waals surface area contributed by atoms with Crippen LogP contribution in [0.2, 0.25) is 0 Å². The first kappa shape index (κ1) is 44.3. The highest BCUT2D eigenvalue weighted by Gasteiger charge is 2.49. The number of aromatic hydroxyl groups is 2. The van der Waals surface area contributed by atoms with Gasteiger partial charge in [-0.15, -0.1) is 0 Å². The van der Waals surface area contributed by atoms with E-state index in [0.717, 1.165) is 42.4 Å². The van der Waals surface area contributed by atoms with Crippen LogP contribution in [-0.2, 0) is 30.7 Å². The normalized spacial score (nSPS) is 13.7. The van der Waals surface area contributed by atoms with E-state index in [4.69, 9.17) is 14.9 Å². The smallest absolute Gasteiger partial charge is 0.416 e. The lowest BCUT2D eigenvalue weighted by atomic mass is 9.96. The van der Waals surface area contributed by atoms with Gasteiger partial charge in [0.2, 0.25) is 0 Å². The molecule has 55 heavy (non-hydrogen) atoms. The minimum atomic E-state index is -4.64.